The summed E-state index contributed by atoms with van der Waals surface area (Å²) in [5, 5.41) is 0.263. The highest BCUT2D eigenvalue weighted by Crippen LogP contribution is 2.13. The predicted molar refractivity (Wildman–Crippen MR) is 74.4 cm³/mol. The van der Waals surface area contributed by atoms with Crippen molar-refractivity contribution >= 4 is 11.6 Å². The van der Waals surface area contributed by atoms with Gasteiger partial charge in [0.2, 0.25) is 0 Å². The van der Waals surface area contributed by atoms with Crippen LogP contribution in [0.3, 0.4) is 0 Å². The van der Waals surface area contributed by atoms with E-state index in [4.69, 9.17) is 11.6 Å². The van der Waals surface area contributed by atoms with Crippen LogP contribution < -0.4 is 5.56 Å². The molecule has 0 N–H and O–H groups in total. The van der Waals surface area contributed by atoms with Crippen LogP contribution in [0.1, 0.15) is 32.0 Å². The van der Waals surface area contributed by atoms with Crippen molar-refractivity contribution in [2.75, 3.05) is 0 Å². The van der Waals surface area contributed by atoms with Gasteiger partial charge in [-0.3, -0.25) is 9.36 Å². The van der Waals surface area contributed by atoms with Crippen molar-refractivity contribution < 1.29 is 0 Å². The molecule has 0 aromatic carbocycles. The molecule has 102 valence electrons. The third-order valence-electron chi connectivity index (χ3n) is 2.88. The maximum absolute atomic E-state index is 12.0. The second-order valence-corrected chi connectivity index (χ2v) is 5.12. The molecule has 2 aromatic rings. The van der Waals surface area contributed by atoms with Gasteiger partial charge in [-0.1, -0.05) is 25.4 Å². The van der Waals surface area contributed by atoms with E-state index >= 15 is 0 Å². The fraction of sp³-hybridized carbons (Fsp3) is 0.462. The van der Waals surface area contributed by atoms with Gasteiger partial charge in [0.05, 0.1) is 6.33 Å². The van der Waals surface area contributed by atoms with E-state index in [1.807, 2.05) is 24.6 Å². The molecule has 0 aliphatic heterocycles. The first-order valence-corrected chi connectivity index (χ1v) is 6.68. The van der Waals surface area contributed by atoms with Crippen LogP contribution in [0, 0.1) is 0 Å². The summed E-state index contributed by atoms with van der Waals surface area (Å²) in [6.07, 6.45) is 6.27. The normalized spacial score (nSPS) is 11.2. The maximum Gasteiger partial charge on any atom is 0.254 e. The molecule has 0 radical (unpaired) electrons. The number of rotatable bonds is 5. The van der Waals surface area contributed by atoms with E-state index in [1.54, 1.807) is 17.1 Å². The Kier molecular flexibility index (Phi) is 4.37. The molecule has 0 aliphatic rings. The number of aromatic nitrogens is 4. The van der Waals surface area contributed by atoms with Crippen LogP contribution in [-0.2, 0) is 13.1 Å². The first-order valence-electron chi connectivity index (χ1n) is 6.31. The number of halogens is 1. The standard InChI is InChI=1S/C13H17ClN4O/c1-10(2)13-16-11(14)8-12(19)18(13)6-3-5-17-7-4-15-9-17/h4,7-10H,3,5-6H2,1-2H3. The SMILES string of the molecule is CC(C)c1nc(Cl)cc(=O)n1CCCn1ccnc1. The molecule has 0 fully saturated rings. The van der Waals surface area contributed by atoms with Gasteiger partial charge in [0.15, 0.2) is 0 Å². The van der Waals surface area contributed by atoms with Crippen LogP contribution in [0.4, 0.5) is 0 Å². The summed E-state index contributed by atoms with van der Waals surface area (Å²) in [6.45, 7) is 5.47. The Morgan fingerprint density at radius 2 is 2.16 bits per heavy atom. The van der Waals surface area contributed by atoms with Crippen molar-refractivity contribution in [3.63, 3.8) is 0 Å². The quantitative estimate of drug-likeness (QED) is 0.790. The number of aryl methyl sites for hydroxylation is 1. The Labute approximate surface area is 116 Å². The van der Waals surface area contributed by atoms with E-state index in [2.05, 4.69) is 9.97 Å². The second-order valence-electron chi connectivity index (χ2n) is 4.74. The summed E-state index contributed by atoms with van der Waals surface area (Å²) in [5.74, 6) is 0.905. The topological polar surface area (TPSA) is 52.7 Å². The molecular formula is C13H17ClN4O. The highest BCUT2D eigenvalue weighted by atomic mass is 35.5. The van der Waals surface area contributed by atoms with Crippen molar-refractivity contribution in [1.82, 2.24) is 19.1 Å². The Morgan fingerprint density at radius 3 is 2.79 bits per heavy atom. The summed E-state index contributed by atoms with van der Waals surface area (Å²) in [6, 6.07) is 1.37. The Bertz CT molecular complexity index is 589. The van der Waals surface area contributed by atoms with E-state index in [-0.39, 0.29) is 16.6 Å². The molecule has 0 bridgehead atoms. The van der Waals surface area contributed by atoms with Gasteiger partial charge in [0.1, 0.15) is 11.0 Å². The molecule has 5 nitrogen and oxygen atoms in total. The molecule has 2 heterocycles. The fourth-order valence-corrected chi connectivity index (χ4v) is 2.17. The van der Waals surface area contributed by atoms with Crippen LogP contribution in [0.25, 0.3) is 0 Å². The maximum atomic E-state index is 12.0. The molecule has 0 atom stereocenters. The van der Waals surface area contributed by atoms with E-state index in [0.29, 0.717) is 6.54 Å². The minimum Gasteiger partial charge on any atom is -0.337 e. The van der Waals surface area contributed by atoms with E-state index in [0.717, 1.165) is 18.8 Å². The average molecular weight is 281 g/mol. The zero-order chi connectivity index (χ0) is 13.8. The van der Waals surface area contributed by atoms with Gasteiger partial charge in [0, 0.05) is 37.5 Å². The zero-order valence-electron chi connectivity index (χ0n) is 11.1. The molecule has 2 rings (SSSR count). The third-order valence-corrected chi connectivity index (χ3v) is 3.07. The molecule has 2 aromatic heterocycles. The summed E-state index contributed by atoms with van der Waals surface area (Å²) in [5.41, 5.74) is -0.0886. The van der Waals surface area contributed by atoms with E-state index < -0.39 is 0 Å². The van der Waals surface area contributed by atoms with E-state index in [9.17, 15) is 4.79 Å². The zero-order valence-corrected chi connectivity index (χ0v) is 11.8. The number of imidazole rings is 1. The van der Waals surface area contributed by atoms with Crippen LogP contribution in [0.15, 0.2) is 29.6 Å². The van der Waals surface area contributed by atoms with E-state index in [1.165, 1.54) is 6.07 Å². The lowest BCUT2D eigenvalue weighted by Gasteiger charge is -2.14. The molecule has 0 spiro atoms. The first-order chi connectivity index (χ1) is 9.08. The minimum atomic E-state index is -0.0886. The van der Waals surface area contributed by atoms with Crippen molar-refractivity contribution in [2.45, 2.75) is 39.3 Å². The lowest BCUT2D eigenvalue weighted by molar-refractivity contribution is 0.516. The van der Waals surface area contributed by atoms with Gasteiger partial charge in [-0.2, -0.15) is 0 Å². The Morgan fingerprint density at radius 1 is 1.37 bits per heavy atom. The predicted octanol–water partition coefficient (Wildman–Crippen LogP) is 2.31. The molecular weight excluding hydrogens is 264 g/mol. The van der Waals surface area contributed by atoms with Crippen LogP contribution >= 0.6 is 11.6 Å². The monoisotopic (exact) mass is 280 g/mol. The van der Waals surface area contributed by atoms with Crippen LogP contribution in [-0.4, -0.2) is 19.1 Å². The van der Waals surface area contributed by atoms with Crippen molar-refractivity contribution in [2.24, 2.45) is 0 Å². The largest absolute Gasteiger partial charge is 0.337 e. The summed E-state index contributed by atoms with van der Waals surface area (Å²) in [4.78, 5) is 20.2. The molecule has 0 saturated carbocycles. The van der Waals surface area contributed by atoms with Crippen molar-refractivity contribution in [3.8, 4) is 0 Å². The Hall–Kier alpha value is -1.62. The van der Waals surface area contributed by atoms with Gasteiger partial charge < -0.3 is 4.57 Å². The Balaban J connectivity index is 2.13. The molecule has 0 amide bonds. The smallest absolute Gasteiger partial charge is 0.254 e. The summed E-state index contributed by atoms with van der Waals surface area (Å²) < 4.78 is 3.69. The summed E-state index contributed by atoms with van der Waals surface area (Å²) in [7, 11) is 0. The highest BCUT2D eigenvalue weighted by molar-refractivity contribution is 6.29. The van der Waals surface area contributed by atoms with Gasteiger partial charge in [0.25, 0.3) is 5.56 Å². The summed E-state index contributed by atoms with van der Waals surface area (Å²) >= 11 is 5.84. The van der Waals surface area contributed by atoms with Gasteiger partial charge in [-0.25, -0.2) is 9.97 Å². The molecule has 0 unspecified atom stereocenters. The molecule has 6 heteroatoms. The highest BCUT2D eigenvalue weighted by Gasteiger charge is 2.11. The minimum absolute atomic E-state index is 0.0886. The van der Waals surface area contributed by atoms with Crippen molar-refractivity contribution in [3.05, 3.63) is 46.1 Å². The number of hydrogen-bond donors (Lipinski definition) is 0. The number of hydrogen-bond acceptors (Lipinski definition) is 3. The lowest BCUT2D eigenvalue weighted by atomic mass is 10.2. The van der Waals surface area contributed by atoms with Gasteiger partial charge in [-0.05, 0) is 6.42 Å². The molecule has 19 heavy (non-hydrogen) atoms. The lowest BCUT2D eigenvalue weighted by Crippen LogP contribution is -2.25. The third kappa shape index (κ3) is 3.44. The molecule has 0 aliphatic carbocycles. The fourth-order valence-electron chi connectivity index (χ4n) is 1.99. The number of nitrogens with zero attached hydrogens (tertiary/aromatic N) is 4. The first kappa shape index (κ1) is 13.8. The second kappa shape index (κ2) is 6.02. The molecule has 0 saturated heterocycles. The van der Waals surface area contributed by atoms with Crippen LogP contribution in [0.2, 0.25) is 5.15 Å². The van der Waals surface area contributed by atoms with Crippen molar-refractivity contribution in [1.29, 1.82) is 0 Å². The van der Waals surface area contributed by atoms with Crippen LogP contribution in [0.5, 0.6) is 0 Å². The average Bonchev–Trinajstić information content (AvgIpc) is 2.84. The van der Waals surface area contributed by atoms with Gasteiger partial charge in [-0.15, -0.1) is 0 Å². The van der Waals surface area contributed by atoms with Gasteiger partial charge >= 0.3 is 0 Å².